The van der Waals surface area contributed by atoms with Crippen molar-refractivity contribution in [2.45, 2.75) is 6.92 Å². The fraction of sp³-hybridized carbons (Fsp3) is 0.105. The lowest BCUT2D eigenvalue weighted by atomic mass is 10.2. The van der Waals surface area contributed by atoms with Crippen molar-refractivity contribution in [2.24, 2.45) is 4.99 Å². The van der Waals surface area contributed by atoms with Crippen LogP contribution < -0.4 is 0 Å². The van der Waals surface area contributed by atoms with Crippen LogP contribution in [-0.4, -0.2) is 24.3 Å². The number of ether oxygens (including phenoxy) is 2. The van der Waals surface area contributed by atoms with E-state index in [0.29, 0.717) is 28.6 Å². The summed E-state index contributed by atoms with van der Waals surface area (Å²) in [5.74, 6) is -0.505. The Labute approximate surface area is 149 Å². The number of benzene rings is 2. The van der Waals surface area contributed by atoms with E-state index >= 15 is 0 Å². The molecule has 0 saturated carbocycles. The van der Waals surface area contributed by atoms with Gasteiger partial charge >= 0.3 is 11.9 Å². The molecule has 0 atom stereocenters. The summed E-state index contributed by atoms with van der Waals surface area (Å²) in [7, 11) is 0. The predicted molar refractivity (Wildman–Crippen MR) is 95.0 cm³/mol. The van der Waals surface area contributed by atoms with Gasteiger partial charge in [-0.15, -0.1) is 0 Å². The van der Waals surface area contributed by atoms with Crippen LogP contribution in [0.3, 0.4) is 0 Å². The van der Waals surface area contributed by atoms with Gasteiger partial charge in [-0.1, -0.05) is 11.6 Å². The van der Waals surface area contributed by atoms with Gasteiger partial charge in [-0.05, 0) is 55.5 Å². The van der Waals surface area contributed by atoms with Crippen molar-refractivity contribution in [1.82, 2.24) is 0 Å². The average molecular weight is 356 g/mol. The van der Waals surface area contributed by atoms with Crippen LogP contribution >= 0.6 is 11.6 Å². The maximum atomic E-state index is 12.0. The van der Waals surface area contributed by atoms with Crippen LogP contribution in [0.2, 0.25) is 5.02 Å². The summed E-state index contributed by atoms with van der Waals surface area (Å²) >= 11 is 5.85. The second kappa shape index (κ2) is 7.32. The van der Waals surface area contributed by atoms with Crippen molar-refractivity contribution in [3.8, 4) is 0 Å². The number of nitrogens with zero attached hydrogens (tertiary/aromatic N) is 1. The van der Waals surface area contributed by atoms with E-state index in [1.165, 1.54) is 0 Å². The molecule has 6 heteroatoms. The van der Waals surface area contributed by atoms with E-state index in [9.17, 15) is 9.59 Å². The van der Waals surface area contributed by atoms with Crippen LogP contribution in [-0.2, 0) is 14.3 Å². The molecule has 25 heavy (non-hydrogen) atoms. The molecule has 2 aromatic rings. The molecule has 0 spiro atoms. The number of aliphatic imine (C=N–C) groups is 1. The van der Waals surface area contributed by atoms with Crippen LogP contribution in [0.1, 0.15) is 22.8 Å². The molecule has 0 N–H and O–H groups in total. The lowest BCUT2D eigenvalue weighted by molar-refractivity contribution is -0.128. The highest BCUT2D eigenvalue weighted by Gasteiger charge is 2.23. The minimum atomic E-state index is -0.528. The number of hydrogen-bond donors (Lipinski definition) is 0. The number of carbonyl (C=O) groups is 2. The molecule has 1 aliphatic heterocycles. The third kappa shape index (κ3) is 3.95. The second-order valence-corrected chi connectivity index (χ2v) is 5.61. The van der Waals surface area contributed by atoms with E-state index in [1.54, 1.807) is 61.5 Å². The topological polar surface area (TPSA) is 65.0 Å². The molecule has 2 aromatic carbocycles. The monoisotopic (exact) mass is 355 g/mol. The van der Waals surface area contributed by atoms with Crippen LogP contribution in [0.25, 0.3) is 5.76 Å². The molecule has 0 amide bonds. The third-order valence-corrected chi connectivity index (χ3v) is 3.69. The Morgan fingerprint density at radius 3 is 2.44 bits per heavy atom. The van der Waals surface area contributed by atoms with E-state index in [-0.39, 0.29) is 5.71 Å². The van der Waals surface area contributed by atoms with Gasteiger partial charge in [0.2, 0.25) is 0 Å². The van der Waals surface area contributed by atoms with Gasteiger partial charge in [0.15, 0.2) is 5.71 Å². The van der Waals surface area contributed by atoms with E-state index < -0.39 is 11.9 Å². The Hall–Kier alpha value is -2.92. The van der Waals surface area contributed by atoms with Crippen LogP contribution in [0.4, 0.5) is 5.69 Å². The van der Waals surface area contributed by atoms with Crippen molar-refractivity contribution < 1.29 is 19.1 Å². The molecule has 0 aliphatic carbocycles. The molecule has 0 fully saturated rings. The summed E-state index contributed by atoms with van der Waals surface area (Å²) in [6.07, 6.45) is 1.57. The fourth-order valence-corrected chi connectivity index (χ4v) is 2.35. The van der Waals surface area contributed by atoms with Gasteiger partial charge < -0.3 is 9.47 Å². The zero-order chi connectivity index (χ0) is 17.8. The normalized spacial score (nSPS) is 15.0. The molecule has 5 nitrogen and oxygen atoms in total. The Balaban J connectivity index is 1.82. The molecule has 3 rings (SSSR count). The fourth-order valence-electron chi connectivity index (χ4n) is 2.22. The highest BCUT2D eigenvalue weighted by molar-refractivity contribution is 6.46. The average Bonchev–Trinajstić information content (AvgIpc) is 2.97. The summed E-state index contributed by atoms with van der Waals surface area (Å²) in [4.78, 5) is 27.9. The molecular weight excluding hydrogens is 342 g/mol. The molecule has 0 bridgehead atoms. The van der Waals surface area contributed by atoms with Crippen LogP contribution in [0.15, 0.2) is 59.6 Å². The van der Waals surface area contributed by atoms with E-state index in [0.717, 1.165) is 5.56 Å². The summed E-state index contributed by atoms with van der Waals surface area (Å²) in [5, 5.41) is 0.601. The third-order valence-electron chi connectivity index (χ3n) is 3.44. The lowest BCUT2D eigenvalue weighted by Gasteiger charge is -2.01. The second-order valence-electron chi connectivity index (χ2n) is 5.17. The number of hydrogen-bond acceptors (Lipinski definition) is 5. The molecular formula is C19H14ClNO4. The van der Waals surface area contributed by atoms with Gasteiger partial charge in [-0.25, -0.2) is 14.6 Å². The Morgan fingerprint density at radius 1 is 1.12 bits per heavy atom. The Morgan fingerprint density at radius 2 is 1.80 bits per heavy atom. The van der Waals surface area contributed by atoms with Crippen LogP contribution in [0, 0.1) is 0 Å². The first-order valence-electron chi connectivity index (χ1n) is 7.62. The summed E-state index contributed by atoms with van der Waals surface area (Å²) in [5.41, 5.74) is 1.89. The molecule has 126 valence electrons. The standard InChI is InChI=1S/C19H14ClNO4/c1-2-24-18(22)13-5-9-15(10-6-13)21-16-11-17(25-19(16)23)12-3-7-14(20)8-4-12/h3-11H,2H2,1H3. The van der Waals surface area contributed by atoms with Gasteiger partial charge in [0.1, 0.15) is 5.76 Å². The molecule has 0 radical (unpaired) electrons. The van der Waals surface area contributed by atoms with Gasteiger partial charge in [0, 0.05) is 16.7 Å². The van der Waals surface area contributed by atoms with Crippen molar-refractivity contribution in [3.05, 3.63) is 70.8 Å². The SMILES string of the molecule is CCOC(=O)c1ccc(N=C2C=C(c3ccc(Cl)cc3)OC2=O)cc1. The summed E-state index contributed by atoms with van der Waals surface area (Å²) in [6.45, 7) is 2.06. The predicted octanol–water partition coefficient (Wildman–Crippen LogP) is 4.19. The Bertz CT molecular complexity index is 867. The maximum absolute atomic E-state index is 12.0. The largest absolute Gasteiger partial charge is 0.462 e. The molecule has 0 saturated heterocycles. The zero-order valence-electron chi connectivity index (χ0n) is 13.4. The van der Waals surface area contributed by atoms with Gasteiger partial charge in [-0.2, -0.15) is 0 Å². The van der Waals surface area contributed by atoms with Crippen molar-refractivity contribution in [3.63, 3.8) is 0 Å². The highest BCUT2D eigenvalue weighted by Crippen LogP contribution is 2.25. The van der Waals surface area contributed by atoms with Crippen molar-refractivity contribution in [2.75, 3.05) is 6.61 Å². The highest BCUT2D eigenvalue weighted by atomic mass is 35.5. The first kappa shape index (κ1) is 16.9. The molecule has 1 aliphatic rings. The minimum Gasteiger partial charge on any atom is -0.462 e. The number of esters is 2. The molecule has 0 unspecified atom stereocenters. The van der Waals surface area contributed by atoms with Crippen molar-refractivity contribution in [1.29, 1.82) is 0 Å². The van der Waals surface area contributed by atoms with Crippen molar-refractivity contribution >= 4 is 40.7 Å². The molecule has 1 heterocycles. The number of rotatable bonds is 4. The number of carbonyl (C=O) groups excluding carboxylic acids is 2. The first-order valence-corrected chi connectivity index (χ1v) is 8.00. The Kier molecular flexibility index (Phi) is 4.95. The van der Waals surface area contributed by atoms with Gasteiger partial charge in [0.05, 0.1) is 17.9 Å². The smallest absolute Gasteiger partial charge is 0.362 e. The summed E-state index contributed by atoms with van der Waals surface area (Å²) in [6, 6.07) is 13.4. The zero-order valence-corrected chi connectivity index (χ0v) is 14.1. The van der Waals surface area contributed by atoms with E-state index in [1.807, 2.05) is 0 Å². The van der Waals surface area contributed by atoms with E-state index in [4.69, 9.17) is 21.1 Å². The van der Waals surface area contributed by atoms with E-state index in [2.05, 4.69) is 4.99 Å². The quantitative estimate of drug-likeness (QED) is 0.771. The van der Waals surface area contributed by atoms with Crippen LogP contribution in [0.5, 0.6) is 0 Å². The number of cyclic esters (lactones) is 1. The first-order chi connectivity index (χ1) is 12.1. The minimum absolute atomic E-state index is 0.189. The number of halogens is 1. The van der Waals surface area contributed by atoms with Gasteiger partial charge in [0.25, 0.3) is 0 Å². The molecule has 0 aromatic heterocycles. The lowest BCUT2D eigenvalue weighted by Crippen LogP contribution is -2.06. The van der Waals surface area contributed by atoms with Gasteiger partial charge in [-0.3, -0.25) is 0 Å². The maximum Gasteiger partial charge on any atom is 0.362 e. The summed E-state index contributed by atoms with van der Waals surface area (Å²) < 4.78 is 10.2.